The molecule has 124 valence electrons. The van der Waals surface area contributed by atoms with Crippen molar-refractivity contribution >= 4 is 11.9 Å². The van der Waals surface area contributed by atoms with E-state index in [1.165, 1.54) is 6.08 Å². The summed E-state index contributed by atoms with van der Waals surface area (Å²) in [6.45, 7) is 3.75. The van der Waals surface area contributed by atoms with Crippen LogP contribution in [0.2, 0.25) is 0 Å². The number of rotatable bonds is 4. The first-order valence-corrected chi connectivity index (χ1v) is 7.77. The number of pyridine rings is 1. The summed E-state index contributed by atoms with van der Waals surface area (Å²) < 4.78 is 3.44. The van der Waals surface area contributed by atoms with Gasteiger partial charge in [0.2, 0.25) is 0 Å². The molecule has 0 aliphatic carbocycles. The Bertz CT molecular complexity index is 1000. The zero-order valence-corrected chi connectivity index (χ0v) is 14.3. The highest BCUT2D eigenvalue weighted by Gasteiger charge is 2.14. The van der Waals surface area contributed by atoms with Gasteiger partial charge in [0.25, 0.3) is 0 Å². The Morgan fingerprint density at radius 3 is 2.72 bits per heavy atom. The Morgan fingerprint density at radius 2 is 2.08 bits per heavy atom. The van der Waals surface area contributed by atoms with Gasteiger partial charge >= 0.3 is 0 Å². The lowest BCUT2D eigenvalue weighted by atomic mass is 10.1. The standard InChI is InChI=1S/C19H17N5O/c1-13-15(10-16(11-20)23(13)3)7-8-18(25)17-12-22-24(14(17)2)19-6-4-5-9-21-19/h4-10,12H,1-3H3/b8-7+. The second-order valence-corrected chi connectivity index (χ2v) is 5.68. The highest BCUT2D eigenvalue weighted by atomic mass is 16.1. The van der Waals surface area contributed by atoms with Crippen molar-refractivity contribution in [3.05, 3.63) is 70.9 Å². The predicted octanol–water partition coefficient (Wildman–Crippen LogP) is 2.99. The molecule has 0 radical (unpaired) electrons. The summed E-state index contributed by atoms with van der Waals surface area (Å²) in [5, 5.41) is 13.3. The fourth-order valence-electron chi connectivity index (χ4n) is 2.62. The normalized spacial score (nSPS) is 11.0. The molecule has 0 saturated carbocycles. The summed E-state index contributed by atoms with van der Waals surface area (Å²) >= 11 is 0. The summed E-state index contributed by atoms with van der Waals surface area (Å²) in [6, 6.07) is 9.43. The lowest BCUT2D eigenvalue weighted by Gasteiger charge is -2.02. The number of nitrogens with zero attached hydrogens (tertiary/aromatic N) is 5. The molecule has 0 aliphatic rings. The van der Waals surface area contributed by atoms with Crippen LogP contribution in [-0.2, 0) is 7.05 Å². The molecule has 0 aliphatic heterocycles. The molecular weight excluding hydrogens is 314 g/mol. The molecule has 6 nitrogen and oxygen atoms in total. The molecule has 0 fully saturated rings. The van der Waals surface area contributed by atoms with Crippen molar-refractivity contribution in [2.24, 2.45) is 7.05 Å². The minimum absolute atomic E-state index is 0.138. The molecule has 0 atom stereocenters. The molecule has 0 spiro atoms. The van der Waals surface area contributed by atoms with Gasteiger partial charge in [0.05, 0.1) is 17.5 Å². The largest absolute Gasteiger partial charge is 0.339 e. The van der Waals surface area contributed by atoms with Crippen LogP contribution in [0.5, 0.6) is 0 Å². The van der Waals surface area contributed by atoms with Crippen LogP contribution in [0, 0.1) is 25.2 Å². The van der Waals surface area contributed by atoms with Crippen molar-refractivity contribution in [1.82, 2.24) is 19.3 Å². The molecular formula is C19H17N5O. The molecule has 0 unspecified atom stereocenters. The first-order chi connectivity index (χ1) is 12.0. The Morgan fingerprint density at radius 1 is 1.28 bits per heavy atom. The van der Waals surface area contributed by atoms with Gasteiger partial charge in [-0.1, -0.05) is 6.07 Å². The molecule has 0 saturated heterocycles. The summed E-state index contributed by atoms with van der Waals surface area (Å²) in [7, 11) is 1.83. The van der Waals surface area contributed by atoms with Gasteiger partial charge in [0.1, 0.15) is 11.8 Å². The van der Waals surface area contributed by atoms with E-state index in [0.29, 0.717) is 17.1 Å². The monoisotopic (exact) mass is 331 g/mol. The number of allylic oxidation sites excluding steroid dienone is 1. The van der Waals surface area contributed by atoms with E-state index in [2.05, 4.69) is 16.2 Å². The van der Waals surface area contributed by atoms with Crippen LogP contribution in [0.3, 0.4) is 0 Å². The van der Waals surface area contributed by atoms with Gasteiger partial charge in [-0.15, -0.1) is 0 Å². The van der Waals surface area contributed by atoms with Crippen molar-refractivity contribution in [2.45, 2.75) is 13.8 Å². The fraction of sp³-hybridized carbons (Fsp3) is 0.158. The van der Waals surface area contributed by atoms with Gasteiger partial charge in [-0.2, -0.15) is 10.4 Å². The van der Waals surface area contributed by atoms with Crippen LogP contribution in [0.1, 0.15) is 33.0 Å². The summed E-state index contributed by atoms with van der Waals surface area (Å²) in [5.74, 6) is 0.530. The second kappa shape index (κ2) is 6.57. The van der Waals surface area contributed by atoms with Gasteiger partial charge in [-0.25, -0.2) is 9.67 Å². The predicted molar refractivity (Wildman–Crippen MR) is 94.3 cm³/mol. The lowest BCUT2D eigenvalue weighted by molar-refractivity contribution is 0.104. The van der Waals surface area contributed by atoms with Crippen LogP contribution in [0.25, 0.3) is 11.9 Å². The first kappa shape index (κ1) is 16.4. The topological polar surface area (TPSA) is 76.5 Å². The first-order valence-electron chi connectivity index (χ1n) is 7.77. The smallest absolute Gasteiger partial charge is 0.189 e. The van der Waals surface area contributed by atoms with Gasteiger partial charge in [0, 0.05) is 18.9 Å². The average molecular weight is 331 g/mol. The number of aromatic nitrogens is 4. The molecule has 0 bridgehead atoms. The molecule has 3 aromatic rings. The van der Waals surface area contributed by atoms with E-state index >= 15 is 0 Å². The number of ketones is 1. The lowest BCUT2D eigenvalue weighted by Crippen LogP contribution is -2.03. The van der Waals surface area contributed by atoms with E-state index in [1.54, 1.807) is 33.8 Å². The highest BCUT2D eigenvalue weighted by molar-refractivity contribution is 6.07. The van der Waals surface area contributed by atoms with Crippen LogP contribution in [-0.4, -0.2) is 25.1 Å². The summed E-state index contributed by atoms with van der Waals surface area (Å²) in [5.41, 5.74) is 3.60. The van der Waals surface area contributed by atoms with Crippen LogP contribution in [0.15, 0.2) is 42.7 Å². The van der Waals surface area contributed by atoms with E-state index in [1.807, 2.05) is 39.1 Å². The molecule has 6 heteroatoms. The second-order valence-electron chi connectivity index (χ2n) is 5.68. The third-order valence-corrected chi connectivity index (χ3v) is 4.24. The Hall–Kier alpha value is -3.46. The van der Waals surface area contributed by atoms with Gasteiger partial charge in [-0.05, 0) is 49.8 Å². The number of hydrogen-bond donors (Lipinski definition) is 0. The van der Waals surface area contributed by atoms with E-state index in [-0.39, 0.29) is 5.78 Å². The van der Waals surface area contributed by atoms with E-state index < -0.39 is 0 Å². The molecule has 0 N–H and O–H groups in total. The van der Waals surface area contributed by atoms with Gasteiger partial charge in [-0.3, -0.25) is 4.79 Å². The maximum atomic E-state index is 12.5. The zero-order chi connectivity index (χ0) is 18.0. The Labute approximate surface area is 145 Å². The maximum absolute atomic E-state index is 12.5. The number of carbonyl (C=O) groups is 1. The molecule has 25 heavy (non-hydrogen) atoms. The Kier molecular flexibility index (Phi) is 4.31. The van der Waals surface area contributed by atoms with Crippen molar-refractivity contribution < 1.29 is 4.79 Å². The van der Waals surface area contributed by atoms with E-state index in [4.69, 9.17) is 5.26 Å². The Balaban J connectivity index is 1.88. The van der Waals surface area contributed by atoms with Crippen molar-refractivity contribution in [3.8, 4) is 11.9 Å². The number of carbonyl (C=O) groups excluding carboxylic acids is 1. The average Bonchev–Trinajstić information content (AvgIpc) is 3.14. The fourth-order valence-corrected chi connectivity index (χ4v) is 2.62. The van der Waals surface area contributed by atoms with E-state index in [0.717, 1.165) is 17.0 Å². The number of nitriles is 1. The summed E-state index contributed by atoms with van der Waals surface area (Å²) in [6.07, 6.45) is 6.48. The molecule has 3 heterocycles. The molecule has 0 amide bonds. The minimum Gasteiger partial charge on any atom is -0.339 e. The van der Waals surface area contributed by atoms with Crippen LogP contribution in [0.4, 0.5) is 0 Å². The van der Waals surface area contributed by atoms with Crippen molar-refractivity contribution in [1.29, 1.82) is 5.26 Å². The molecule has 3 aromatic heterocycles. The van der Waals surface area contributed by atoms with Crippen molar-refractivity contribution in [3.63, 3.8) is 0 Å². The van der Waals surface area contributed by atoms with Gasteiger partial charge < -0.3 is 4.57 Å². The van der Waals surface area contributed by atoms with E-state index in [9.17, 15) is 4.79 Å². The minimum atomic E-state index is -0.138. The molecule has 3 rings (SSSR count). The maximum Gasteiger partial charge on any atom is 0.189 e. The SMILES string of the molecule is Cc1c(C(=O)/C=C/c2cc(C#N)n(C)c2C)cnn1-c1ccccn1. The van der Waals surface area contributed by atoms with Gasteiger partial charge in [0.15, 0.2) is 11.6 Å². The van der Waals surface area contributed by atoms with Crippen LogP contribution < -0.4 is 0 Å². The highest BCUT2D eigenvalue weighted by Crippen LogP contribution is 2.17. The van der Waals surface area contributed by atoms with Crippen LogP contribution >= 0.6 is 0 Å². The quantitative estimate of drug-likeness (QED) is 0.544. The third-order valence-electron chi connectivity index (χ3n) is 4.24. The molecule has 0 aromatic carbocycles. The number of hydrogen-bond acceptors (Lipinski definition) is 4. The third kappa shape index (κ3) is 3.00. The summed E-state index contributed by atoms with van der Waals surface area (Å²) in [4.78, 5) is 16.8. The van der Waals surface area contributed by atoms with Crippen molar-refractivity contribution in [2.75, 3.05) is 0 Å². The zero-order valence-electron chi connectivity index (χ0n) is 14.3.